The zero-order valence-electron chi connectivity index (χ0n) is 20.0. The number of ether oxygens (including phenoxy) is 2. The highest BCUT2D eigenvalue weighted by molar-refractivity contribution is 5.93. The number of carbonyl (C=O) groups is 2. The Morgan fingerprint density at radius 3 is 2.64 bits per heavy atom. The van der Waals surface area contributed by atoms with E-state index >= 15 is 0 Å². The first-order valence-electron chi connectivity index (χ1n) is 11.9. The van der Waals surface area contributed by atoms with Crippen LogP contribution in [0.4, 0.5) is 11.4 Å². The van der Waals surface area contributed by atoms with Gasteiger partial charge in [-0.25, -0.2) is 0 Å². The van der Waals surface area contributed by atoms with E-state index in [1.165, 1.54) is 0 Å². The average Bonchev–Trinajstić information content (AvgIpc) is 2.79. The number of hydrogen-bond donors (Lipinski definition) is 4. The van der Waals surface area contributed by atoms with Gasteiger partial charge in [0.05, 0.1) is 11.4 Å². The molecule has 5 N–H and O–H groups in total. The Bertz CT molecular complexity index is 796. The Balaban J connectivity index is 1.83. The number of amides is 2. The third-order valence-corrected chi connectivity index (χ3v) is 5.80. The molecule has 0 radical (unpaired) electrons. The molecule has 8 heteroatoms. The number of aliphatic hydroxyl groups excluding tert-OH is 1. The molecule has 1 aliphatic heterocycles. The number of nitrogens with one attached hydrogen (secondary N) is 2. The molecule has 3 atom stereocenters. The molecule has 8 nitrogen and oxygen atoms in total. The maximum absolute atomic E-state index is 12.7. The van der Waals surface area contributed by atoms with Gasteiger partial charge in [-0.05, 0) is 62.7 Å². The molecule has 0 aliphatic carbocycles. The summed E-state index contributed by atoms with van der Waals surface area (Å²) >= 11 is 0. The minimum atomic E-state index is -0.506. The topological polar surface area (TPSA) is 123 Å². The van der Waals surface area contributed by atoms with Crippen molar-refractivity contribution in [1.82, 2.24) is 5.32 Å². The number of nitrogens with two attached hydrogens (primary N) is 1. The molecular weight excluding hydrogens is 422 g/mol. The summed E-state index contributed by atoms with van der Waals surface area (Å²) in [5.74, 6) is 0.422. The van der Waals surface area contributed by atoms with E-state index in [2.05, 4.69) is 24.5 Å². The summed E-state index contributed by atoms with van der Waals surface area (Å²) < 4.78 is 11.7. The van der Waals surface area contributed by atoms with E-state index < -0.39 is 6.29 Å². The molecule has 0 aromatic heterocycles. The molecule has 33 heavy (non-hydrogen) atoms. The van der Waals surface area contributed by atoms with Crippen LogP contribution in [0.2, 0.25) is 0 Å². The van der Waals surface area contributed by atoms with Gasteiger partial charge in [-0.15, -0.1) is 0 Å². The van der Waals surface area contributed by atoms with Gasteiger partial charge in [0.2, 0.25) is 12.2 Å². The van der Waals surface area contributed by atoms with E-state index in [0.29, 0.717) is 56.1 Å². The van der Waals surface area contributed by atoms with Crippen molar-refractivity contribution in [2.45, 2.75) is 59.2 Å². The minimum absolute atomic E-state index is 0.0887. The summed E-state index contributed by atoms with van der Waals surface area (Å²) in [6.07, 6.45) is 4.48. The molecule has 0 unspecified atom stereocenters. The van der Waals surface area contributed by atoms with Crippen molar-refractivity contribution >= 4 is 23.2 Å². The smallest absolute Gasteiger partial charge is 0.286 e. The average molecular weight is 462 g/mol. The van der Waals surface area contributed by atoms with Gasteiger partial charge in [-0.1, -0.05) is 26.0 Å². The molecule has 2 rings (SSSR count). The number of hydrogen-bond acceptors (Lipinski definition) is 6. The Morgan fingerprint density at radius 2 is 1.97 bits per heavy atom. The number of carbonyl (C=O) groups excluding carboxylic acids is 2. The number of benzene rings is 1. The van der Waals surface area contributed by atoms with Gasteiger partial charge in [0.15, 0.2) is 5.76 Å². The van der Waals surface area contributed by atoms with Crippen molar-refractivity contribution in [2.75, 3.05) is 30.8 Å². The van der Waals surface area contributed by atoms with Crippen molar-refractivity contribution in [3.05, 3.63) is 36.1 Å². The fourth-order valence-corrected chi connectivity index (χ4v) is 4.05. The maximum Gasteiger partial charge on any atom is 0.286 e. The van der Waals surface area contributed by atoms with Crippen LogP contribution in [0.5, 0.6) is 0 Å². The number of anilines is 2. The minimum Gasteiger partial charge on any atom is -0.459 e. The summed E-state index contributed by atoms with van der Waals surface area (Å²) in [5, 5.41) is 14.9. The Hall–Kier alpha value is -2.58. The lowest BCUT2D eigenvalue weighted by atomic mass is 9.78. The van der Waals surface area contributed by atoms with E-state index in [1.807, 2.05) is 25.1 Å². The fourth-order valence-electron chi connectivity index (χ4n) is 4.05. The van der Waals surface area contributed by atoms with Crippen LogP contribution in [-0.4, -0.2) is 43.0 Å². The van der Waals surface area contributed by atoms with Crippen LogP contribution >= 0.6 is 0 Å². The number of aliphatic hydroxyl groups is 1. The lowest BCUT2D eigenvalue weighted by Gasteiger charge is -2.38. The van der Waals surface area contributed by atoms with Crippen molar-refractivity contribution < 1.29 is 24.2 Å². The van der Waals surface area contributed by atoms with Crippen molar-refractivity contribution in [1.29, 1.82) is 0 Å². The molecule has 1 aromatic rings. The van der Waals surface area contributed by atoms with Crippen molar-refractivity contribution in [3.8, 4) is 0 Å². The van der Waals surface area contributed by atoms with E-state index in [1.54, 1.807) is 12.1 Å². The first-order chi connectivity index (χ1) is 15.9. The molecule has 0 saturated heterocycles. The summed E-state index contributed by atoms with van der Waals surface area (Å²) in [5.41, 5.74) is 6.98. The van der Waals surface area contributed by atoms with Crippen LogP contribution in [-0.2, 0) is 19.1 Å². The highest BCUT2D eigenvalue weighted by Crippen LogP contribution is 2.37. The molecule has 2 amide bonds. The predicted octanol–water partition coefficient (Wildman–Crippen LogP) is 3.43. The quantitative estimate of drug-likeness (QED) is 0.264. The van der Waals surface area contributed by atoms with Gasteiger partial charge in [0, 0.05) is 32.1 Å². The molecule has 184 valence electrons. The molecule has 1 aliphatic rings. The number of unbranched alkanes of at least 4 members (excludes halogenated alkanes) is 1. The van der Waals surface area contributed by atoms with E-state index in [-0.39, 0.29) is 36.0 Å². The van der Waals surface area contributed by atoms with Crippen molar-refractivity contribution in [3.63, 3.8) is 0 Å². The van der Waals surface area contributed by atoms with Crippen LogP contribution in [0.1, 0.15) is 52.9 Å². The third-order valence-electron chi connectivity index (χ3n) is 5.80. The molecule has 1 aromatic carbocycles. The Morgan fingerprint density at radius 1 is 1.21 bits per heavy atom. The number of nitrogen functional groups attached to an aromatic ring is 1. The van der Waals surface area contributed by atoms with E-state index in [9.17, 15) is 14.7 Å². The Kier molecular flexibility index (Phi) is 11.2. The van der Waals surface area contributed by atoms with Crippen molar-refractivity contribution in [2.24, 2.45) is 17.8 Å². The zero-order chi connectivity index (χ0) is 24.2. The van der Waals surface area contributed by atoms with Gasteiger partial charge in [-0.2, -0.15) is 0 Å². The second-order valence-electron chi connectivity index (χ2n) is 8.67. The highest BCUT2D eigenvalue weighted by Gasteiger charge is 2.38. The van der Waals surface area contributed by atoms with Gasteiger partial charge >= 0.3 is 0 Å². The Labute approximate surface area is 196 Å². The van der Waals surface area contributed by atoms with Crippen LogP contribution in [0, 0.1) is 17.8 Å². The molecule has 0 bridgehead atoms. The van der Waals surface area contributed by atoms with Gasteiger partial charge in [-0.3, -0.25) is 9.59 Å². The number of para-hydroxylation sites is 2. The second-order valence-corrected chi connectivity index (χ2v) is 8.67. The monoisotopic (exact) mass is 461 g/mol. The second kappa shape index (κ2) is 13.9. The largest absolute Gasteiger partial charge is 0.459 e. The normalized spacial score (nSPS) is 20.2. The molecular formula is C25H39N3O5. The SMILES string of the molecule is CCO[C@@H]1OC(C(=O)NCCCCC(=O)Nc2ccccc2N)=C[C@H](C(C)C)[C@H]1CCCO. The standard InChI is InChI=1S/C25H39N3O5/c1-4-32-25-18(10-9-15-29)19(17(2)3)16-22(33-25)24(31)27-14-8-7-13-23(30)28-21-12-6-5-11-20(21)26/h5-6,11-12,16-19,25,29H,4,7-10,13-15,26H2,1-3H3,(H,27,31)(H,28,30)/t18-,19-,25-/m1/s1. The van der Waals surface area contributed by atoms with Crippen LogP contribution in [0.25, 0.3) is 0 Å². The van der Waals surface area contributed by atoms with Gasteiger partial charge in [0.1, 0.15) is 0 Å². The first kappa shape index (κ1) is 26.7. The highest BCUT2D eigenvalue weighted by atomic mass is 16.7. The van der Waals surface area contributed by atoms with Crippen LogP contribution < -0.4 is 16.4 Å². The van der Waals surface area contributed by atoms with E-state index in [4.69, 9.17) is 15.2 Å². The lowest BCUT2D eigenvalue weighted by molar-refractivity contribution is -0.175. The molecule has 1 heterocycles. The third kappa shape index (κ3) is 8.37. The summed E-state index contributed by atoms with van der Waals surface area (Å²) in [4.78, 5) is 24.8. The maximum atomic E-state index is 12.7. The van der Waals surface area contributed by atoms with Gasteiger partial charge in [0.25, 0.3) is 5.91 Å². The lowest BCUT2D eigenvalue weighted by Crippen LogP contribution is -2.41. The molecule has 0 spiro atoms. The zero-order valence-corrected chi connectivity index (χ0v) is 20.0. The van der Waals surface area contributed by atoms with E-state index in [0.717, 1.165) is 6.42 Å². The summed E-state index contributed by atoms with van der Waals surface area (Å²) in [7, 11) is 0. The predicted molar refractivity (Wildman–Crippen MR) is 129 cm³/mol. The van der Waals surface area contributed by atoms with Gasteiger partial charge < -0.3 is 30.9 Å². The van der Waals surface area contributed by atoms with Crippen LogP contribution in [0.3, 0.4) is 0 Å². The summed E-state index contributed by atoms with van der Waals surface area (Å²) in [6, 6.07) is 7.13. The summed E-state index contributed by atoms with van der Waals surface area (Å²) in [6.45, 7) is 7.18. The van der Waals surface area contributed by atoms with Crippen LogP contribution in [0.15, 0.2) is 36.1 Å². The fraction of sp³-hybridized carbons (Fsp3) is 0.600. The number of rotatable bonds is 13. The molecule has 0 fully saturated rings. The first-order valence-corrected chi connectivity index (χ1v) is 11.9. The molecule has 0 saturated carbocycles. The number of allylic oxidation sites excluding steroid dienone is 1.